The summed E-state index contributed by atoms with van der Waals surface area (Å²) in [5.41, 5.74) is 3.03. The van der Waals surface area contributed by atoms with Gasteiger partial charge >= 0.3 is 0 Å². The fourth-order valence-electron chi connectivity index (χ4n) is 1.42. The molecule has 0 unspecified atom stereocenters. The number of nitrogens with one attached hydrogen (secondary N) is 1. The van der Waals surface area contributed by atoms with Gasteiger partial charge in [0.2, 0.25) is 0 Å². The van der Waals surface area contributed by atoms with Gasteiger partial charge in [0.25, 0.3) is 0 Å². The molecular formula is C10H8BrN3. The first-order valence-electron chi connectivity index (χ1n) is 4.22. The number of aromatic nitrogens is 2. The van der Waals surface area contributed by atoms with Crippen LogP contribution in [0.2, 0.25) is 0 Å². The average Bonchev–Trinajstić information content (AvgIpc) is 2.48. The van der Waals surface area contributed by atoms with Crippen molar-refractivity contribution in [1.82, 2.24) is 9.97 Å². The van der Waals surface area contributed by atoms with Crippen LogP contribution in [-0.2, 0) is 6.42 Å². The number of aromatic amines is 1. The molecule has 1 aromatic heterocycles. The van der Waals surface area contributed by atoms with Crippen molar-refractivity contribution >= 4 is 27.0 Å². The quantitative estimate of drug-likeness (QED) is 0.845. The van der Waals surface area contributed by atoms with Crippen molar-refractivity contribution in [3.63, 3.8) is 0 Å². The van der Waals surface area contributed by atoms with Crippen LogP contribution in [-0.4, -0.2) is 9.97 Å². The summed E-state index contributed by atoms with van der Waals surface area (Å²) >= 11 is 3.45. The number of hydrogen-bond donors (Lipinski definition) is 1. The first kappa shape index (κ1) is 9.22. The molecule has 3 nitrogen and oxygen atoms in total. The molecular weight excluding hydrogens is 242 g/mol. The molecule has 0 fully saturated rings. The number of aryl methyl sites for hydroxylation is 1. The highest BCUT2D eigenvalue weighted by Crippen LogP contribution is 2.23. The molecule has 14 heavy (non-hydrogen) atoms. The number of halogens is 1. The molecule has 70 valence electrons. The Morgan fingerprint density at radius 2 is 2.36 bits per heavy atom. The van der Waals surface area contributed by atoms with E-state index in [1.54, 1.807) is 0 Å². The van der Waals surface area contributed by atoms with Gasteiger partial charge in [-0.2, -0.15) is 5.26 Å². The first-order chi connectivity index (χ1) is 6.70. The fraction of sp³-hybridized carbons (Fsp3) is 0.200. The van der Waals surface area contributed by atoms with Crippen molar-refractivity contribution in [2.45, 2.75) is 13.3 Å². The van der Waals surface area contributed by atoms with Gasteiger partial charge in [0.05, 0.1) is 18.0 Å². The van der Waals surface area contributed by atoms with Gasteiger partial charge in [-0.15, -0.1) is 0 Å². The van der Waals surface area contributed by atoms with Crippen molar-refractivity contribution < 1.29 is 0 Å². The molecule has 0 bridgehead atoms. The maximum atomic E-state index is 8.55. The number of H-pyrrole nitrogens is 1. The van der Waals surface area contributed by atoms with E-state index in [2.05, 4.69) is 32.0 Å². The standard InChI is InChI=1S/C10H8BrN3/c1-6-4-7(11)10-8(5-6)13-9(14-10)2-3-12/h4-5H,2H2,1H3,(H,13,14). The third-order valence-corrected chi connectivity index (χ3v) is 2.58. The number of nitrogens with zero attached hydrogens (tertiary/aromatic N) is 2. The van der Waals surface area contributed by atoms with Crippen LogP contribution in [0.3, 0.4) is 0 Å². The molecule has 0 aliphatic rings. The van der Waals surface area contributed by atoms with E-state index in [1.165, 1.54) is 0 Å². The zero-order valence-electron chi connectivity index (χ0n) is 7.63. The van der Waals surface area contributed by atoms with Gasteiger partial charge in [0.1, 0.15) is 11.3 Å². The van der Waals surface area contributed by atoms with Crippen molar-refractivity contribution in [3.8, 4) is 6.07 Å². The Kier molecular flexibility index (Phi) is 2.26. The number of hydrogen-bond acceptors (Lipinski definition) is 2. The van der Waals surface area contributed by atoms with Crippen LogP contribution in [0.5, 0.6) is 0 Å². The summed E-state index contributed by atoms with van der Waals surface area (Å²) in [4.78, 5) is 7.43. The van der Waals surface area contributed by atoms with E-state index in [0.29, 0.717) is 12.2 Å². The van der Waals surface area contributed by atoms with Crippen LogP contribution in [0.1, 0.15) is 11.4 Å². The van der Waals surface area contributed by atoms with E-state index in [-0.39, 0.29) is 0 Å². The Balaban J connectivity index is 2.66. The SMILES string of the molecule is Cc1cc(Br)c2nc(CC#N)[nH]c2c1. The number of benzene rings is 1. The molecule has 1 aromatic carbocycles. The second kappa shape index (κ2) is 3.43. The number of rotatable bonds is 1. The first-order valence-corrected chi connectivity index (χ1v) is 5.01. The van der Waals surface area contributed by atoms with Gasteiger partial charge in [-0.3, -0.25) is 0 Å². The lowest BCUT2D eigenvalue weighted by atomic mass is 10.2. The lowest BCUT2D eigenvalue weighted by Gasteiger charge is -1.94. The largest absolute Gasteiger partial charge is 0.341 e. The molecule has 0 aliphatic heterocycles. The van der Waals surface area contributed by atoms with Gasteiger partial charge in [0.15, 0.2) is 0 Å². The van der Waals surface area contributed by atoms with E-state index in [0.717, 1.165) is 21.1 Å². The highest BCUT2D eigenvalue weighted by molar-refractivity contribution is 9.10. The average molecular weight is 250 g/mol. The summed E-state index contributed by atoms with van der Waals surface area (Å²) in [6.45, 7) is 2.02. The Morgan fingerprint density at radius 3 is 3.07 bits per heavy atom. The molecule has 0 aliphatic carbocycles. The topological polar surface area (TPSA) is 52.5 Å². The van der Waals surface area contributed by atoms with Gasteiger partial charge in [-0.1, -0.05) is 0 Å². The predicted molar refractivity (Wildman–Crippen MR) is 57.8 cm³/mol. The molecule has 4 heteroatoms. The van der Waals surface area contributed by atoms with Crippen molar-refractivity contribution in [2.24, 2.45) is 0 Å². The van der Waals surface area contributed by atoms with Crippen molar-refractivity contribution in [3.05, 3.63) is 28.0 Å². The summed E-state index contributed by atoms with van der Waals surface area (Å²) in [5, 5.41) is 8.55. The Bertz CT molecular complexity index is 522. The molecule has 2 aromatic rings. The molecule has 1 heterocycles. The Hall–Kier alpha value is -1.34. The number of fused-ring (bicyclic) bond motifs is 1. The number of nitriles is 1. The normalized spacial score (nSPS) is 10.4. The molecule has 0 saturated heterocycles. The van der Waals surface area contributed by atoms with Gasteiger partial charge < -0.3 is 4.98 Å². The van der Waals surface area contributed by atoms with Crippen LogP contribution in [0.15, 0.2) is 16.6 Å². The second-order valence-corrected chi connectivity index (χ2v) is 4.02. The number of imidazole rings is 1. The minimum atomic E-state index is 0.320. The smallest absolute Gasteiger partial charge is 0.121 e. The zero-order valence-corrected chi connectivity index (χ0v) is 9.22. The Labute approximate surface area is 89.9 Å². The minimum Gasteiger partial charge on any atom is -0.341 e. The van der Waals surface area contributed by atoms with Gasteiger partial charge in [-0.05, 0) is 40.5 Å². The van der Waals surface area contributed by atoms with Crippen LogP contribution < -0.4 is 0 Å². The Morgan fingerprint density at radius 1 is 1.57 bits per heavy atom. The van der Waals surface area contributed by atoms with Crippen molar-refractivity contribution in [2.75, 3.05) is 0 Å². The van der Waals surface area contributed by atoms with E-state index >= 15 is 0 Å². The molecule has 2 rings (SSSR count). The van der Waals surface area contributed by atoms with E-state index in [9.17, 15) is 0 Å². The van der Waals surface area contributed by atoms with E-state index < -0.39 is 0 Å². The summed E-state index contributed by atoms with van der Waals surface area (Å²) in [7, 11) is 0. The summed E-state index contributed by atoms with van der Waals surface area (Å²) in [6, 6.07) is 6.10. The highest BCUT2D eigenvalue weighted by atomic mass is 79.9. The maximum Gasteiger partial charge on any atom is 0.121 e. The van der Waals surface area contributed by atoms with Gasteiger partial charge in [-0.25, -0.2) is 4.98 Å². The third-order valence-electron chi connectivity index (χ3n) is 1.98. The lowest BCUT2D eigenvalue weighted by molar-refractivity contribution is 1.08. The summed E-state index contributed by atoms with van der Waals surface area (Å²) in [5.74, 6) is 0.716. The molecule has 0 radical (unpaired) electrons. The highest BCUT2D eigenvalue weighted by Gasteiger charge is 2.06. The predicted octanol–water partition coefficient (Wildman–Crippen LogP) is 2.70. The maximum absolute atomic E-state index is 8.55. The molecule has 1 N–H and O–H groups in total. The van der Waals surface area contributed by atoms with E-state index in [1.807, 2.05) is 19.1 Å². The van der Waals surface area contributed by atoms with Crippen molar-refractivity contribution in [1.29, 1.82) is 5.26 Å². The molecule has 0 atom stereocenters. The monoisotopic (exact) mass is 249 g/mol. The molecule has 0 spiro atoms. The van der Waals surface area contributed by atoms with Crippen LogP contribution in [0.4, 0.5) is 0 Å². The zero-order chi connectivity index (χ0) is 10.1. The molecule has 0 saturated carbocycles. The van der Waals surface area contributed by atoms with E-state index in [4.69, 9.17) is 5.26 Å². The third kappa shape index (κ3) is 1.51. The lowest BCUT2D eigenvalue weighted by Crippen LogP contribution is -1.82. The second-order valence-electron chi connectivity index (χ2n) is 3.16. The van der Waals surface area contributed by atoms with Crippen LogP contribution in [0, 0.1) is 18.3 Å². The van der Waals surface area contributed by atoms with Crippen LogP contribution >= 0.6 is 15.9 Å². The fourth-order valence-corrected chi connectivity index (χ4v) is 2.08. The van der Waals surface area contributed by atoms with Gasteiger partial charge in [0, 0.05) is 4.47 Å². The minimum absolute atomic E-state index is 0.320. The summed E-state index contributed by atoms with van der Waals surface area (Å²) in [6.07, 6.45) is 0.320. The molecule has 0 amide bonds. The summed E-state index contributed by atoms with van der Waals surface area (Å²) < 4.78 is 0.966. The van der Waals surface area contributed by atoms with Crippen LogP contribution in [0.25, 0.3) is 11.0 Å².